The fourth-order valence-electron chi connectivity index (χ4n) is 2.90. The number of ether oxygens (including phenoxy) is 3. The molecule has 31 heavy (non-hydrogen) atoms. The van der Waals surface area contributed by atoms with Gasteiger partial charge in [0.15, 0.2) is 11.5 Å². The molecule has 0 bridgehead atoms. The molecule has 0 atom stereocenters. The van der Waals surface area contributed by atoms with Crippen LogP contribution in [0.1, 0.15) is 17.5 Å². The average molecular weight is 510 g/mol. The second kappa shape index (κ2) is 11.9. The standard InChI is InChI=1S/C23H23BrClFN2O3/c1-29-21-10-9-18(24)16(14-27-11-5-13-30-22-8-2-3-12-28-22)23(21)31-15-17-19(25)6-4-7-20(17)26/h2-4,6-10,12,27H,5,11,13-15H2,1H3. The molecular weight excluding hydrogens is 487 g/mol. The van der Waals surface area contributed by atoms with E-state index in [0.717, 1.165) is 23.0 Å². The fourth-order valence-corrected chi connectivity index (χ4v) is 3.57. The van der Waals surface area contributed by atoms with Crippen LogP contribution in [0.4, 0.5) is 4.39 Å². The van der Waals surface area contributed by atoms with Crippen LogP contribution in [0.15, 0.2) is 59.2 Å². The van der Waals surface area contributed by atoms with Gasteiger partial charge in [0.1, 0.15) is 12.4 Å². The van der Waals surface area contributed by atoms with Gasteiger partial charge in [0.05, 0.1) is 18.7 Å². The summed E-state index contributed by atoms with van der Waals surface area (Å²) in [5, 5.41) is 3.70. The molecule has 0 unspecified atom stereocenters. The molecule has 164 valence electrons. The third-order valence-electron chi connectivity index (χ3n) is 4.50. The second-order valence-corrected chi connectivity index (χ2v) is 7.85. The molecule has 0 spiro atoms. The molecule has 0 radical (unpaired) electrons. The van der Waals surface area contributed by atoms with E-state index >= 15 is 0 Å². The molecule has 0 saturated carbocycles. The van der Waals surface area contributed by atoms with Crippen molar-refractivity contribution in [2.24, 2.45) is 0 Å². The molecule has 0 aliphatic carbocycles. The van der Waals surface area contributed by atoms with Gasteiger partial charge in [-0.05, 0) is 43.3 Å². The van der Waals surface area contributed by atoms with Crippen molar-refractivity contribution < 1.29 is 18.6 Å². The zero-order valence-corrected chi connectivity index (χ0v) is 19.4. The first kappa shape index (κ1) is 23.3. The van der Waals surface area contributed by atoms with Crippen molar-refractivity contribution >= 4 is 27.5 Å². The van der Waals surface area contributed by atoms with Crippen molar-refractivity contribution in [3.05, 3.63) is 81.2 Å². The van der Waals surface area contributed by atoms with Gasteiger partial charge in [-0.2, -0.15) is 0 Å². The maximum Gasteiger partial charge on any atom is 0.213 e. The largest absolute Gasteiger partial charge is 0.493 e. The molecule has 5 nitrogen and oxygen atoms in total. The van der Waals surface area contributed by atoms with E-state index in [9.17, 15) is 4.39 Å². The summed E-state index contributed by atoms with van der Waals surface area (Å²) >= 11 is 9.70. The monoisotopic (exact) mass is 508 g/mol. The Morgan fingerprint density at radius 3 is 2.68 bits per heavy atom. The first-order valence-corrected chi connectivity index (χ1v) is 10.9. The molecule has 3 aromatic rings. The molecule has 1 N–H and O–H groups in total. The Morgan fingerprint density at radius 1 is 1.06 bits per heavy atom. The van der Waals surface area contributed by atoms with Crippen LogP contribution in [0, 0.1) is 5.82 Å². The van der Waals surface area contributed by atoms with E-state index in [1.807, 2.05) is 24.3 Å². The number of hydrogen-bond donors (Lipinski definition) is 1. The van der Waals surface area contributed by atoms with E-state index in [1.54, 1.807) is 31.5 Å². The number of nitrogens with one attached hydrogen (secondary N) is 1. The molecule has 8 heteroatoms. The highest BCUT2D eigenvalue weighted by atomic mass is 79.9. The second-order valence-electron chi connectivity index (χ2n) is 6.59. The average Bonchev–Trinajstić information content (AvgIpc) is 2.78. The van der Waals surface area contributed by atoms with Gasteiger partial charge in [-0.3, -0.25) is 0 Å². The Kier molecular flexibility index (Phi) is 8.94. The lowest BCUT2D eigenvalue weighted by Gasteiger charge is -2.18. The Hall–Kier alpha value is -2.35. The van der Waals surface area contributed by atoms with Crippen LogP contribution in [-0.2, 0) is 13.2 Å². The molecule has 0 saturated heterocycles. The molecule has 1 aromatic heterocycles. The maximum absolute atomic E-state index is 14.1. The molecule has 0 aliphatic heterocycles. The summed E-state index contributed by atoms with van der Waals surface area (Å²) in [7, 11) is 1.57. The van der Waals surface area contributed by atoms with Crippen LogP contribution < -0.4 is 19.5 Å². The Morgan fingerprint density at radius 2 is 1.94 bits per heavy atom. The van der Waals surface area contributed by atoms with Crippen LogP contribution >= 0.6 is 27.5 Å². The smallest absolute Gasteiger partial charge is 0.213 e. The van der Waals surface area contributed by atoms with Crippen LogP contribution in [0.5, 0.6) is 17.4 Å². The van der Waals surface area contributed by atoms with Crippen LogP contribution in [-0.4, -0.2) is 25.2 Å². The highest BCUT2D eigenvalue weighted by Gasteiger charge is 2.16. The van der Waals surface area contributed by atoms with Crippen LogP contribution in [0.25, 0.3) is 0 Å². The van der Waals surface area contributed by atoms with Crippen LogP contribution in [0.2, 0.25) is 5.02 Å². The summed E-state index contributed by atoms with van der Waals surface area (Å²) < 4.78 is 32.0. The van der Waals surface area contributed by atoms with Crippen molar-refractivity contribution in [1.82, 2.24) is 10.3 Å². The fraction of sp³-hybridized carbons (Fsp3) is 0.261. The summed E-state index contributed by atoms with van der Waals surface area (Å²) in [6, 6.07) is 13.8. The third-order valence-corrected chi connectivity index (χ3v) is 5.59. The van der Waals surface area contributed by atoms with Crippen LogP contribution in [0.3, 0.4) is 0 Å². The quantitative estimate of drug-likeness (QED) is 0.332. The minimum absolute atomic E-state index is 0.0107. The van der Waals surface area contributed by atoms with Gasteiger partial charge in [0, 0.05) is 34.4 Å². The zero-order valence-electron chi connectivity index (χ0n) is 17.0. The zero-order chi connectivity index (χ0) is 22.1. The summed E-state index contributed by atoms with van der Waals surface area (Å²) in [6.45, 7) is 1.80. The minimum Gasteiger partial charge on any atom is -0.493 e. The maximum atomic E-state index is 14.1. The number of rotatable bonds is 11. The van der Waals surface area contributed by atoms with Crippen molar-refractivity contribution in [3.63, 3.8) is 0 Å². The first-order valence-electron chi connectivity index (χ1n) is 9.75. The van der Waals surface area contributed by atoms with Gasteiger partial charge in [0.25, 0.3) is 0 Å². The van der Waals surface area contributed by atoms with Gasteiger partial charge in [-0.15, -0.1) is 0 Å². The summed E-state index contributed by atoms with van der Waals surface area (Å²) in [5.74, 6) is 1.30. The van der Waals surface area contributed by atoms with Gasteiger partial charge < -0.3 is 19.5 Å². The third kappa shape index (κ3) is 6.56. The molecule has 1 heterocycles. The van der Waals surface area contributed by atoms with E-state index in [0.29, 0.717) is 41.1 Å². The lowest BCUT2D eigenvalue weighted by molar-refractivity contribution is 0.275. The van der Waals surface area contributed by atoms with E-state index < -0.39 is 5.82 Å². The molecule has 0 aliphatic rings. The summed E-state index contributed by atoms with van der Waals surface area (Å²) in [5.41, 5.74) is 1.18. The van der Waals surface area contributed by atoms with Gasteiger partial charge in [-0.1, -0.05) is 39.7 Å². The minimum atomic E-state index is -0.408. The highest BCUT2D eigenvalue weighted by Crippen LogP contribution is 2.37. The Balaban J connectivity index is 1.60. The topological polar surface area (TPSA) is 52.6 Å². The Bertz CT molecular complexity index is 972. The van der Waals surface area contributed by atoms with E-state index in [4.69, 9.17) is 25.8 Å². The number of methoxy groups -OCH3 is 1. The lowest BCUT2D eigenvalue weighted by atomic mass is 10.1. The van der Waals surface area contributed by atoms with Crippen molar-refractivity contribution in [1.29, 1.82) is 0 Å². The number of aromatic nitrogens is 1. The molecule has 2 aromatic carbocycles. The van der Waals surface area contributed by atoms with Crippen molar-refractivity contribution in [2.45, 2.75) is 19.6 Å². The van der Waals surface area contributed by atoms with Gasteiger partial charge >= 0.3 is 0 Å². The normalized spacial score (nSPS) is 10.7. The first-order chi connectivity index (χ1) is 15.1. The summed E-state index contributed by atoms with van der Waals surface area (Å²) in [6.07, 6.45) is 2.50. The van der Waals surface area contributed by atoms with Gasteiger partial charge in [0.2, 0.25) is 5.88 Å². The van der Waals surface area contributed by atoms with Crippen molar-refractivity contribution in [3.8, 4) is 17.4 Å². The van der Waals surface area contributed by atoms with E-state index in [1.165, 1.54) is 6.07 Å². The molecule has 0 amide bonds. The van der Waals surface area contributed by atoms with Gasteiger partial charge in [-0.25, -0.2) is 9.37 Å². The predicted molar refractivity (Wildman–Crippen MR) is 122 cm³/mol. The number of nitrogens with zero attached hydrogens (tertiary/aromatic N) is 1. The van der Waals surface area contributed by atoms with Crippen molar-refractivity contribution in [2.75, 3.05) is 20.3 Å². The number of pyridine rings is 1. The molecular formula is C23H23BrClFN2O3. The Labute approximate surface area is 194 Å². The lowest BCUT2D eigenvalue weighted by Crippen LogP contribution is -2.18. The number of hydrogen-bond acceptors (Lipinski definition) is 5. The molecule has 3 rings (SSSR count). The SMILES string of the molecule is COc1ccc(Br)c(CNCCCOc2ccccn2)c1OCc1c(F)cccc1Cl. The predicted octanol–water partition coefficient (Wildman–Crippen LogP) is 5.78. The molecule has 0 fully saturated rings. The number of benzene rings is 2. The highest BCUT2D eigenvalue weighted by molar-refractivity contribution is 9.10. The van der Waals surface area contributed by atoms with E-state index in [-0.39, 0.29) is 6.61 Å². The number of halogens is 3. The van der Waals surface area contributed by atoms with E-state index in [2.05, 4.69) is 26.2 Å². The summed E-state index contributed by atoms with van der Waals surface area (Å²) in [4.78, 5) is 4.13.